The van der Waals surface area contributed by atoms with E-state index in [1.807, 2.05) is 6.07 Å². The molecule has 0 aliphatic carbocycles. The van der Waals surface area contributed by atoms with Crippen LogP contribution >= 0.6 is 11.3 Å². The van der Waals surface area contributed by atoms with E-state index in [9.17, 15) is 23.9 Å². The minimum absolute atomic E-state index is 0.0168. The number of rotatable bonds is 8. The van der Waals surface area contributed by atoms with Crippen LogP contribution in [0.25, 0.3) is 10.2 Å². The van der Waals surface area contributed by atoms with Crippen molar-refractivity contribution in [3.05, 3.63) is 64.7 Å². The summed E-state index contributed by atoms with van der Waals surface area (Å²) in [5.74, 6) is -1.88. The number of carbonyl (C=O) groups is 3. The van der Waals surface area contributed by atoms with E-state index in [1.54, 1.807) is 24.3 Å². The van der Waals surface area contributed by atoms with Gasteiger partial charge in [-0.1, -0.05) is 30.3 Å². The van der Waals surface area contributed by atoms with Crippen LogP contribution in [0.15, 0.2) is 48.7 Å². The Hall–Kier alpha value is -3.53. The van der Waals surface area contributed by atoms with Crippen LogP contribution in [0.4, 0.5) is 9.18 Å². The Morgan fingerprint density at radius 3 is 2.67 bits per heavy atom. The van der Waals surface area contributed by atoms with Gasteiger partial charge >= 0.3 is 12.1 Å². The number of carboxylic acid groups (broad SMARTS) is 1. The van der Waals surface area contributed by atoms with Crippen LogP contribution in [0.3, 0.4) is 0 Å². The molecule has 3 N–H and O–H groups in total. The Kier molecular flexibility index (Phi) is 6.91. The number of aliphatic carboxylic acids is 1. The average molecular weight is 431 g/mol. The molecule has 0 saturated carbocycles. The molecule has 1 unspecified atom stereocenters. The Balaban J connectivity index is 1.57. The number of alkyl carbamates (subject to hydrolysis) is 1. The number of ether oxygens (including phenoxy) is 1. The third kappa shape index (κ3) is 5.29. The third-order valence-corrected chi connectivity index (χ3v) is 5.33. The molecule has 156 valence electrons. The molecule has 8 nitrogen and oxygen atoms in total. The van der Waals surface area contributed by atoms with Crippen molar-refractivity contribution in [3.63, 3.8) is 0 Å². The predicted octanol–water partition coefficient (Wildman–Crippen LogP) is 2.88. The number of nitrogens with zero attached hydrogens (tertiary/aromatic N) is 1. The zero-order valence-electron chi connectivity index (χ0n) is 15.6. The van der Waals surface area contributed by atoms with E-state index >= 15 is 0 Å². The first-order chi connectivity index (χ1) is 14.5. The second kappa shape index (κ2) is 9.79. The lowest BCUT2D eigenvalue weighted by Crippen LogP contribution is -2.48. The van der Waals surface area contributed by atoms with Gasteiger partial charge in [-0.25, -0.2) is 14.0 Å². The van der Waals surface area contributed by atoms with E-state index in [0.717, 1.165) is 16.9 Å². The molecular formula is C20H18FN3O5S. The highest BCUT2D eigenvalue weighted by Crippen LogP contribution is 2.27. The number of nitrogens with one attached hydrogen (secondary N) is 2. The number of fused-ring (bicyclic) bond motifs is 1. The fourth-order valence-corrected chi connectivity index (χ4v) is 3.62. The summed E-state index contributed by atoms with van der Waals surface area (Å²) in [6, 6.07) is 10.6. The molecule has 30 heavy (non-hydrogen) atoms. The summed E-state index contributed by atoms with van der Waals surface area (Å²) in [5, 5.41) is 14.0. The van der Waals surface area contributed by atoms with Crippen molar-refractivity contribution in [1.82, 2.24) is 15.6 Å². The summed E-state index contributed by atoms with van der Waals surface area (Å²) >= 11 is 1.06. The van der Waals surface area contributed by atoms with Crippen LogP contribution in [0.2, 0.25) is 0 Å². The molecule has 0 bridgehead atoms. The molecule has 1 aromatic carbocycles. The van der Waals surface area contributed by atoms with Gasteiger partial charge in [0.1, 0.15) is 19.3 Å². The number of alkyl halides is 1. The van der Waals surface area contributed by atoms with E-state index in [-0.39, 0.29) is 18.0 Å². The largest absolute Gasteiger partial charge is 0.480 e. The summed E-state index contributed by atoms with van der Waals surface area (Å²) in [6.07, 6.45) is 0.538. The van der Waals surface area contributed by atoms with Gasteiger partial charge in [-0.2, -0.15) is 0 Å². The molecule has 2 aromatic heterocycles. The maximum atomic E-state index is 13.1. The Morgan fingerprint density at radius 1 is 1.20 bits per heavy atom. The molecule has 0 fully saturated rings. The van der Waals surface area contributed by atoms with E-state index < -0.39 is 30.7 Å². The summed E-state index contributed by atoms with van der Waals surface area (Å²) in [5.41, 5.74) is 1.66. The van der Waals surface area contributed by atoms with Crippen molar-refractivity contribution in [3.8, 4) is 0 Å². The summed E-state index contributed by atoms with van der Waals surface area (Å²) in [6.45, 7) is -1.06. The number of amides is 2. The molecule has 0 radical (unpaired) electrons. The van der Waals surface area contributed by atoms with Gasteiger partial charge in [0.15, 0.2) is 0 Å². The average Bonchev–Trinajstić information content (AvgIpc) is 3.20. The first kappa shape index (κ1) is 21.2. The minimum Gasteiger partial charge on any atom is -0.480 e. The topological polar surface area (TPSA) is 118 Å². The molecule has 0 saturated heterocycles. The van der Waals surface area contributed by atoms with Gasteiger partial charge in [-0.15, -0.1) is 11.3 Å². The predicted molar refractivity (Wildman–Crippen MR) is 108 cm³/mol. The molecule has 3 rings (SSSR count). The number of halogens is 1. The Morgan fingerprint density at radius 2 is 1.97 bits per heavy atom. The SMILES string of the molecule is O=C(NC(CNC(=O)c1cc2nccc(CF)c2s1)C(=O)O)OCc1ccccc1. The highest BCUT2D eigenvalue weighted by Gasteiger charge is 2.22. The summed E-state index contributed by atoms with van der Waals surface area (Å²) < 4.78 is 18.6. The number of carboxylic acids is 1. The minimum atomic E-state index is -1.38. The second-order valence-electron chi connectivity index (χ2n) is 6.24. The van der Waals surface area contributed by atoms with Crippen LogP contribution in [0.5, 0.6) is 0 Å². The molecule has 3 aromatic rings. The number of hydrogen-bond acceptors (Lipinski definition) is 6. The van der Waals surface area contributed by atoms with Gasteiger partial charge in [0, 0.05) is 18.3 Å². The summed E-state index contributed by atoms with van der Waals surface area (Å²) in [4.78, 5) is 40.0. The van der Waals surface area contributed by atoms with Gasteiger partial charge in [-0.05, 0) is 17.7 Å². The van der Waals surface area contributed by atoms with Crippen molar-refractivity contribution >= 4 is 39.5 Å². The van der Waals surface area contributed by atoms with Crippen molar-refractivity contribution < 1.29 is 28.6 Å². The smallest absolute Gasteiger partial charge is 0.408 e. The number of carbonyl (C=O) groups excluding carboxylic acids is 2. The number of hydrogen-bond donors (Lipinski definition) is 3. The van der Waals surface area contributed by atoms with Crippen molar-refractivity contribution in [2.75, 3.05) is 6.54 Å². The number of benzene rings is 1. The van der Waals surface area contributed by atoms with Crippen molar-refractivity contribution in [1.29, 1.82) is 0 Å². The maximum Gasteiger partial charge on any atom is 0.408 e. The van der Waals surface area contributed by atoms with E-state index in [4.69, 9.17) is 4.74 Å². The van der Waals surface area contributed by atoms with Crippen molar-refractivity contribution in [2.24, 2.45) is 0 Å². The van der Waals surface area contributed by atoms with Gasteiger partial charge < -0.3 is 20.5 Å². The maximum absolute atomic E-state index is 13.1. The quantitative estimate of drug-likeness (QED) is 0.505. The highest BCUT2D eigenvalue weighted by molar-refractivity contribution is 7.21. The van der Waals surface area contributed by atoms with Gasteiger partial charge in [-0.3, -0.25) is 9.78 Å². The molecule has 2 amide bonds. The van der Waals surface area contributed by atoms with Crippen LogP contribution in [0.1, 0.15) is 20.8 Å². The highest BCUT2D eigenvalue weighted by atomic mass is 32.1. The molecule has 10 heteroatoms. The molecule has 0 aliphatic rings. The van der Waals surface area contributed by atoms with Gasteiger partial charge in [0.25, 0.3) is 5.91 Å². The summed E-state index contributed by atoms with van der Waals surface area (Å²) in [7, 11) is 0. The lowest BCUT2D eigenvalue weighted by atomic mass is 10.2. The van der Waals surface area contributed by atoms with Gasteiger partial charge in [0.2, 0.25) is 0 Å². The Labute approximate surface area is 174 Å². The first-order valence-electron chi connectivity index (χ1n) is 8.89. The number of aromatic nitrogens is 1. The Bertz CT molecular complexity index is 1060. The normalized spacial score (nSPS) is 11.6. The van der Waals surface area contributed by atoms with Crippen LogP contribution in [0, 0.1) is 0 Å². The van der Waals surface area contributed by atoms with Crippen LogP contribution in [-0.4, -0.2) is 40.6 Å². The second-order valence-corrected chi connectivity index (χ2v) is 7.29. The lowest BCUT2D eigenvalue weighted by molar-refractivity contribution is -0.139. The van der Waals surface area contributed by atoms with Crippen LogP contribution in [-0.2, 0) is 22.8 Å². The standard InChI is InChI=1S/C20H18FN3O5S/c21-9-13-6-7-22-14-8-16(30-17(13)14)18(25)23-10-15(19(26)27)24-20(28)29-11-12-4-2-1-3-5-12/h1-8,15H,9-11H2,(H,23,25)(H,24,28)(H,26,27). The molecule has 0 aliphatic heterocycles. The molecule has 1 atom stereocenters. The monoisotopic (exact) mass is 431 g/mol. The van der Waals surface area contributed by atoms with Gasteiger partial charge in [0.05, 0.1) is 15.1 Å². The molecular weight excluding hydrogens is 413 g/mol. The molecule has 0 spiro atoms. The fraction of sp³-hybridized carbons (Fsp3) is 0.200. The molecule has 2 heterocycles. The number of thiophene rings is 1. The third-order valence-electron chi connectivity index (χ3n) is 4.13. The lowest BCUT2D eigenvalue weighted by Gasteiger charge is -2.15. The van der Waals surface area contributed by atoms with Crippen LogP contribution < -0.4 is 10.6 Å². The van der Waals surface area contributed by atoms with E-state index in [1.165, 1.54) is 18.3 Å². The first-order valence-corrected chi connectivity index (χ1v) is 9.71. The zero-order valence-corrected chi connectivity index (χ0v) is 16.4. The van der Waals surface area contributed by atoms with E-state index in [0.29, 0.717) is 15.8 Å². The zero-order chi connectivity index (χ0) is 21.5. The van der Waals surface area contributed by atoms with E-state index in [2.05, 4.69) is 15.6 Å². The van der Waals surface area contributed by atoms with Crippen molar-refractivity contribution in [2.45, 2.75) is 19.3 Å². The fourth-order valence-electron chi connectivity index (χ4n) is 2.60. The number of pyridine rings is 1.